The second kappa shape index (κ2) is 8.57. The van der Waals surface area contributed by atoms with Crippen LogP contribution in [-0.4, -0.2) is 23.7 Å². The van der Waals surface area contributed by atoms with E-state index in [1.165, 1.54) is 11.8 Å². The molecule has 0 aromatic heterocycles. The number of hydrogen-bond acceptors (Lipinski definition) is 4. The number of halogens is 3. The number of thioether (sulfide) groups is 1. The summed E-state index contributed by atoms with van der Waals surface area (Å²) in [6.45, 7) is 0.948. The Morgan fingerprint density at radius 3 is 2.44 bits per heavy atom. The minimum Gasteiger partial charge on any atom is -0.455 e. The normalized spacial score (nSPS) is 11.7. The fraction of sp³-hybridized carbons (Fsp3) is 0.176. The van der Waals surface area contributed by atoms with E-state index in [4.69, 9.17) is 4.74 Å². The lowest BCUT2D eigenvalue weighted by atomic mass is 10.3. The molecule has 0 aliphatic carbocycles. The summed E-state index contributed by atoms with van der Waals surface area (Å²) in [5, 5.41) is 1.46. The smallest absolute Gasteiger partial charge is 0.319 e. The van der Waals surface area contributed by atoms with Crippen molar-refractivity contribution >= 4 is 29.3 Å². The molecule has 1 N–H and O–H groups in total. The third-order valence-corrected chi connectivity index (χ3v) is 4.13. The molecule has 1 amide bonds. The number of anilines is 1. The monoisotopic (exact) mass is 369 g/mol. The summed E-state index contributed by atoms with van der Waals surface area (Å²) >= 11 is 1.26. The summed E-state index contributed by atoms with van der Waals surface area (Å²) in [4.78, 5) is 24.4. The molecule has 132 valence electrons. The first kappa shape index (κ1) is 18.9. The minimum atomic E-state index is -1.69. The minimum absolute atomic E-state index is 0.536. The standard InChI is InChI=1S/C17H14F3NO3S/c1-10(25-11-5-3-2-4-6-11)17(23)24-9-14(22)21-13-8-7-12(18)15(19)16(13)20/h2-8,10H,9H2,1H3,(H,21,22)/t10-/m0/s1. The highest BCUT2D eigenvalue weighted by molar-refractivity contribution is 8.00. The van der Waals surface area contributed by atoms with Crippen molar-refractivity contribution in [3.05, 3.63) is 59.9 Å². The van der Waals surface area contributed by atoms with Gasteiger partial charge in [-0.2, -0.15) is 0 Å². The summed E-state index contributed by atoms with van der Waals surface area (Å²) in [6, 6.07) is 10.7. The highest BCUT2D eigenvalue weighted by Crippen LogP contribution is 2.23. The van der Waals surface area contributed by atoms with Crippen molar-refractivity contribution < 1.29 is 27.5 Å². The molecule has 2 aromatic rings. The molecule has 0 heterocycles. The van der Waals surface area contributed by atoms with Crippen molar-refractivity contribution in [2.45, 2.75) is 17.1 Å². The summed E-state index contributed by atoms with van der Waals surface area (Å²) in [5.74, 6) is -6.08. The summed E-state index contributed by atoms with van der Waals surface area (Å²) in [7, 11) is 0. The molecule has 1 atom stereocenters. The summed E-state index contributed by atoms with van der Waals surface area (Å²) in [6.07, 6.45) is 0. The molecular weight excluding hydrogens is 355 g/mol. The summed E-state index contributed by atoms with van der Waals surface area (Å²) < 4.78 is 44.2. The van der Waals surface area contributed by atoms with E-state index in [-0.39, 0.29) is 0 Å². The number of ether oxygens (including phenoxy) is 1. The van der Waals surface area contributed by atoms with Crippen LogP contribution in [0.3, 0.4) is 0 Å². The van der Waals surface area contributed by atoms with E-state index in [1.807, 2.05) is 35.6 Å². The van der Waals surface area contributed by atoms with E-state index < -0.39 is 46.9 Å². The first-order valence-electron chi connectivity index (χ1n) is 7.20. The van der Waals surface area contributed by atoms with Crippen LogP contribution in [-0.2, 0) is 14.3 Å². The summed E-state index contributed by atoms with van der Waals surface area (Å²) in [5.41, 5.74) is -0.536. The number of amides is 1. The molecule has 4 nitrogen and oxygen atoms in total. The SMILES string of the molecule is C[C@H](Sc1ccccc1)C(=O)OCC(=O)Nc1ccc(F)c(F)c1F. The number of benzene rings is 2. The topological polar surface area (TPSA) is 55.4 Å². The van der Waals surface area contributed by atoms with E-state index in [0.717, 1.165) is 11.0 Å². The second-order valence-corrected chi connectivity index (χ2v) is 6.37. The van der Waals surface area contributed by atoms with Crippen molar-refractivity contribution in [3.8, 4) is 0 Å². The highest BCUT2D eigenvalue weighted by Gasteiger charge is 2.19. The molecule has 8 heteroatoms. The van der Waals surface area contributed by atoms with Crippen molar-refractivity contribution in [2.24, 2.45) is 0 Å². The molecule has 2 rings (SSSR count). The van der Waals surface area contributed by atoms with Gasteiger partial charge >= 0.3 is 5.97 Å². The fourth-order valence-corrected chi connectivity index (χ4v) is 2.70. The van der Waals surface area contributed by atoms with Gasteiger partial charge in [-0.05, 0) is 31.2 Å². The lowest BCUT2D eigenvalue weighted by molar-refractivity contribution is -0.146. The zero-order valence-corrected chi connectivity index (χ0v) is 13.9. The van der Waals surface area contributed by atoms with Crippen LogP contribution in [0.4, 0.5) is 18.9 Å². The van der Waals surface area contributed by atoms with Gasteiger partial charge in [0.1, 0.15) is 5.25 Å². The van der Waals surface area contributed by atoms with Crippen LogP contribution in [0.2, 0.25) is 0 Å². The van der Waals surface area contributed by atoms with Crippen LogP contribution in [0.15, 0.2) is 47.4 Å². The second-order valence-electron chi connectivity index (χ2n) is 4.95. The van der Waals surface area contributed by atoms with E-state index in [1.54, 1.807) is 6.92 Å². The number of carbonyl (C=O) groups excluding carboxylic acids is 2. The van der Waals surface area contributed by atoms with Crippen LogP contribution < -0.4 is 5.32 Å². The van der Waals surface area contributed by atoms with Crippen LogP contribution in [0.25, 0.3) is 0 Å². The van der Waals surface area contributed by atoms with Gasteiger partial charge in [-0.1, -0.05) is 18.2 Å². The fourth-order valence-electron chi connectivity index (χ4n) is 1.81. The maximum Gasteiger partial charge on any atom is 0.319 e. The Labute approximate surface area is 146 Å². The molecule has 0 spiro atoms. The maximum absolute atomic E-state index is 13.5. The van der Waals surface area contributed by atoms with Crippen LogP contribution in [0, 0.1) is 17.5 Å². The Morgan fingerprint density at radius 1 is 1.08 bits per heavy atom. The maximum atomic E-state index is 13.5. The first-order valence-corrected chi connectivity index (χ1v) is 8.08. The largest absolute Gasteiger partial charge is 0.455 e. The molecule has 0 radical (unpaired) electrons. The van der Waals surface area contributed by atoms with Gasteiger partial charge in [0.2, 0.25) is 0 Å². The van der Waals surface area contributed by atoms with Gasteiger partial charge in [-0.15, -0.1) is 11.8 Å². The van der Waals surface area contributed by atoms with Gasteiger partial charge in [0, 0.05) is 4.90 Å². The molecule has 25 heavy (non-hydrogen) atoms. The number of esters is 1. The van der Waals surface area contributed by atoms with Crippen LogP contribution in [0.1, 0.15) is 6.92 Å². The van der Waals surface area contributed by atoms with Crippen molar-refractivity contribution in [2.75, 3.05) is 11.9 Å². The van der Waals surface area contributed by atoms with Gasteiger partial charge in [0.25, 0.3) is 5.91 Å². The van der Waals surface area contributed by atoms with Gasteiger partial charge in [-0.25, -0.2) is 13.2 Å². The molecule has 0 fully saturated rings. The van der Waals surface area contributed by atoms with Gasteiger partial charge in [0.15, 0.2) is 24.1 Å². The van der Waals surface area contributed by atoms with Crippen molar-refractivity contribution in [1.82, 2.24) is 0 Å². The average molecular weight is 369 g/mol. The van der Waals surface area contributed by atoms with E-state index in [0.29, 0.717) is 6.07 Å². The Hall–Kier alpha value is -2.48. The zero-order chi connectivity index (χ0) is 18.4. The lowest BCUT2D eigenvalue weighted by Crippen LogP contribution is -2.25. The molecule has 2 aromatic carbocycles. The zero-order valence-electron chi connectivity index (χ0n) is 13.1. The Kier molecular flexibility index (Phi) is 6.46. The number of nitrogens with one attached hydrogen (secondary N) is 1. The molecule has 0 bridgehead atoms. The first-order chi connectivity index (χ1) is 11.9. The predicted molar refractivity (Wildman–Crippen MR) is 87.7 cm³/mol. The molecule has 0 saturated carbocycles. The predicted octanol–water partition coefficient (Wildman–Crippen LogP) is 3.77. The molecule has 0 unspecified atom stereocenters. The average Bonchev–Trinajstić information content (AvgIpc) is 2.61. The highest BCUT2D eigenvalue weighted by atomic mass is 32.2. The van der Waals surface area contributed by atoms with Crippen molar-refractivity contribution in [1.29, 1.82) is 0 Å². The van der Waals surface area contributed by atoms with E-state index >= 15 is 0 Å². The van der Waals surface area contributed by atoms with Gasteiger partial charge in [-0.3, -0.25) is 9.59 Å². The van der Waals surface area contributed by atoms with Crippen LogP contribution >= 0.6 is 11.8 Å². The van der Waals surface area contributed by atoms with E-state index in [2.05, 4.69) is 0 Å². The number of hydrogen-bond donors (Lipinski definition) is 1. The van der Waals surface area contributed by atoms with Crippen LogP contribution in [0.5, 0.6) is 0 Å². The van der Waals surface area contributed by atoms with Gasteiger partial charge < -0.3 is 10.1 Å². The molecule has 0 aliphatic rings. The molecule has 0 saturated heterocycles. The Balaban J connectivity index is 1.85. The third-order valence-electron chi connectivity index (χ3n) is 3.04. The van der Waals surface area contributed by atoms with Crippen molar-refractivity contribution in [3.63, 3.8) is 0 Å². The Morgan fingerprint density at radius 2 is 1.76 bits per heavy atom. The number of rotatable bonds is 6. The lowest BCUT2D eigenvalue weighted by Gasteiger charge is -2.12. The Bertz CT molecular complexity index is 771. The van der Waals surface area contributed by atoms with Gasteiger partial charge in [0.05, 0.1) is 5.69 Å². The third kappa shape index (κ3) is 5.25. The molecule has 0 aliphatic heterocycles. The quantitative estimate of drug-likeness (QED) is 0.479. The van der Waals surface area contributed by atoms with E-state index in [9.17, 15) is 22.8 Å². The number of carbonyl (C=O) groups is 2. The molecular formula is C17H14F3NO3S.